The number of nitrogens with zero attached hydrogens (tertiary/aromatic N) is 5. The first-order chi connectivity index (χ1) is 12.2. The zero-order valence-corrected chi connectivity index (χ0v) is 14.1. The Morgan fingerprint density at radius 1 is 1.00 bits per heavy atom. The SMILES string of the molecule is C/N=C/c1cccc(-c2ccc3cnn(-c4cccc(C)n4)c3c2)n1. The summed E-state index contributed by atoms with van der Waals surface area (Å²) >= 11 is 0. The van der Waals surface area contributed by atoms with Crippen molar-refractivity contribution in [2.45, 2.75) is 6.92 Å². The Morgan fingerprint density at radius 3 is 2.72 bits per heavy atom. The highest BCUT2D eigenvalue weighted by atomic mass is 15.3. The van der Waals surface area contributed by atoms with Crippen LogP contribution in [0.5, 0.6) is 0 Å². The number of hydrogen-bond donors (Lipinski definition) is 0. The Hall–Kier alpha value is -3.34. The number of benzene rings is 1. The number of hydrogen-bond acceptors (Lipinski definition) is 4. The maximum Gasteiger partial charge on any atom is 0.154 e. The van der Waals surface area contributed by atoms with Crippen molar-refractivity contribution >= 4 is 17.1 Å². The van der Waals surface area contributed by atoms with Crippen LogP contribution in [0.15, 0.2) is 65.8 Å². The van der Waals surface area contributed by atoms with Gasteiger partial charge in [-0.15, -0.1) is 0 Å². The number of aryl methyl sites for hydroxylation is 1. The van der Waals surface area contributed by atoms with E-state index in [9.17, 15) is 0 Å². The van der Waals surface area contributed by atoms with Crippen LogP contribution >= 0.6 is 0 Å². The van der Waals surface area contributed by atoms with Gasteiger partial charge in [-0.05, 0) is 37.3 Å². The zero-order valence-electron chi connectivity index (χ0n) is 14.1. The van der Waals surface area contributed by atoms with Crippen molar-refractivity contribution in [3.8, 4) is 17.1 Å². The van der Waals surface area contributed by atoms with E-state index < -0.39 is 0 Å². The molecule has 4 aromatic rings. The third kappa shape index (κ3) is 2.92. The summed E-state index contributed by atoms with van der Waals surface area (Å²) in [5, 5.41) is 5.57. The van der Waals surface area contributed by atoms with Crippen LogP contribution < -0.4 is 0 Å². The van der Waals surface area contributed by atoms with E-state index in [1.54, 1.807) is 13.3 Å². The Kier molecular flexibility index (Phi) is 3.82. The Morgan fingerprint density at radius 2 is 1.88 bits per heavy atom. The normalized spacial score (nSPS) is 11.4. The lowest BCUT2D eigenvalue weighted by atomic mass is 10.1. The molecule has 3 heterocycles. The van der Waals surface area contributed by atoms with Gasteiger partial charge in [0.05, 0.1) is 23.1 Å². The average molecular weight is 327 g/mol. The van der Waals surface area contributed by atoms with Crippen molar-refractivity contribution in [1.29, 1.82) is 0 Å². The molecule has 0 aliphatic rings. The lowest BCUT2D eigenvalue weighted by Gasteiger charge is -2.06. The molecule has 0 unspecified atom stereocenters. The van der Waals surface area contributed by atoms with Crippen LogP contribution in [0, 0.1) is 6.92 Å². The topological polar surface area (TPSA) is 56.0 Å². The van der Waals surface area contributed by atoms with Gasteiger partial charge >= 0.3 is 0 Å². The van der Waals surface area contributed by atoms with E-state index >= 15 is 0 Å². The molecule has 0 saturated carbocycles. The summed E-state index contributed by atoms with van der Waals surface area (Å²) in [5.74, 6) is 0.812. The minimum absolute atomic E-state index is 0.812. The fourth-order valence-electron chi connectivity index (χ4n) is 2.82. The predicted octanol–water partition coefficient (Wildman–Crippen LogP) is 3.84. The standard InChI is InChI=1S/C20H17N5/c1-14-5-3-8-20(23-14)25-19-11-15(9-10-16(19)12-22-25)18-7-4-6-17(24-18)13-21-2/h3-13H,1-2H3/b21-13+. The Bertz CT molecular complexity index is 1080. The average Bonchev–Trinajstić information content (AvgIpc) is 3.05. The fraction of sp³-hybridized carbons (Fsp3) is 0.100. The summed E-state index contributed by atoms with van der Waals surface area (Å²) in [5.41, 5.74) is 4.75. The fourth-order valence-corrected chi connectivity index (χ4v) is 2.82. The molecule has 0 aliphatic carbocycles. The van der Waals surface area contributed by atoms with Gasteiger partial charge in [-0.2, -0.15) is 5.10 Å². The Labute approximate surface area is 145 Å². The third-order valence-corrected chi connectivity index (χ3v) is 3.99. The molecule has 0 spiro atoms. The molecular weight excluding hydrogens is 310 g/mol. The predicted molar refractivity (Wildman–Crippen MR) is 100 cm³/mol. The van der Waals surface area contributed by atoms with Crippen molar-refractivity contribution in [2.24, 2.45) is 4.99 Å². The smallest absolute Gasteiger partial charge is 0.154 e. The highest BCUT2D eigenvalue weighted by Crippen LogP contribution is 2.24. The van der Waals surface area contributed by atoms with Crippen molar-refractivity contribution in [2.75, 3.05) is 7.05 Å². The number of pyridine rings is 2. The summed E-state index contributed by atoms with van der Waals surface area (Å²) in [6, 6.07) is 18.1. The second-order valence-corrected chi connectivity index (χ2v) is 5.80. The largest absolute Gasteiger partial charge is 0.294 e. The molecule has 1 aromatic carbocycles. The summed E-state index contributed by atoms with van der Waals surface area (Å²) in [6.45, 7) is 1.98. The van der Waals surface area contributed by atoms with Crippen LogP contribution in [-0.4, -0.2) is 33.0 Å². The minimum atomic E-state index is 0.812. The number of fused-ring (bicyclic) bond motifs is 1. The van der Waals surface area contributed by atoms with E-state index in [2.05, 4.69) is 38.3 Å². The molecular formula is C20H17N5. The van der Waals surface area contributed by atoms with Gasteiger partial charge in [0, 0.05) is 29.9 Å². The molecule has 0 amide bonds. The molecule has 0 atom stereocenters. The molecule has 0 N–H and O–H groups in total. The van der Waals surface area contributed by atoms with E-state index in [4.69, 9.17) is 0 Å². The summed E-state index contributed by atoms with van der Waals surface area (Å²) in [7, 11) is 1.74. The maximum atomic E-state index is 4.65. The highest BCUT2D eigenvalue weighted by Gasteiger charge is 2.09. The van der Waals surface area contributed by atoms with E-state index in [0.29, 0.717) is 0 Å². The van der Waals surface area contributed by atoms with E-state index in [-0.39, 0.29) is 0 Å². The highest BCUT2D eigenvalue weighted by molar-refractivity contribution is 5.85. The zero-order chi connectivity index (χ0) is 17.2. The molecule has 0 radical (unpaired) electrons. The van der Waals surface area contributed by atoms with Gasteiger partial charge in [0.25, 0.3) is 0 Å². The molecule has 0 bridgehead atoms. The van der Waals surface area contributed by atoms with Crippen molar-refractivity contribution in [3.63, 3.8) is 0 Å². The van der Waals surface area contributed by atoms with Crippen molar-refractivity contribution < 1.29 is 0 Å². The van der Waals surface area contributed by atoms with Gasteiger partial charge in [-0.3, -0.25) is 4.99 Å². The van der Waals surface area contributed by atoms with Gasteiger partial charge < -0.3 is 0 Å². The quantitative estimate of drug-likeness (QED) is 0.537. The van der Waals surface area contributed by atoms with Gasteiger partial charge in [0.15, 0.2) is 5.82 Å². The second-order valence-electron chi connectivity index (χ2n) is 5.80. The van der Waals surface area contributed by atoms with Crippen LogP contribution in [0.2, 0.25) is 0 Å². The molecule has 0 saturated heterocycles. The third-order valence-electron chi connectivity index (χ3n) is 3.99. The van der Waals surface area contributed by atoms with Crippen molar-refractivity contribution in [3.05, 3.63) is 72.2 Å². The van der Waals surface area contributed by atoms with Gasteiger partial charge in [-0.1, -0.05) is 24.3 Å². The van der Waals surface area contributed by atoms with E-state index in [1.807, 2.05) is 54.2 Å². The van der Waals surface area contributed by atoms with E-state index in [0.717, 1.165) is 39.4 Å². The molecule has 0 aliphatic heterocycles. The molecule has 0 fully saturated rings. The van der Waals surface area contributed by atoms with Crippen molar-refractivity contribution in [1.82, 2.24) is 19.7 Å². The maximum absolute atomic E-state index is 4.65. The first-order valence-corrected chi connectivity index (χ1v) is 8.06. The van der Waals surface area contributed by atoms with Crippen LogP contribution in [0.25, 0.3) is 28.0 Å². The van der Waals surface area contributed by atoms with E-state index in [1.165, 1.54) is 0 Å². The minimum Gasteiger partial charge on any atom is -0.294 e. The molecule has 122 valence electrons. The second kappa shape index (κ2) is 6.28. The number of aliphatic imine (C=N–C) groups is 1. The monoisotopic (exact) mass is 327 g/mol. The lowest BCUT2D eigenvalue weighted by molar-refractivity contribution is 0.867. The van der Waals surface area contributed by atoms with Crippen LogP contribution in [0.1, 0.15) is 11.4 Å². The van der Waals surface area contributed by atoms with Gasteiger partial charge in [0.2, 0.25) is 0 Å². The molecule has 5 nitrogen and oxygen atoms in total. The first-order valence-electron chi connectivity index (χ1n) is 8.06. The van der Waals surface area contributed by atoms with Crippen LogP contribution in [0.4, 0.5) is 0 Å². The number of aromatic nitrogens is 4. The lowest BCUT2D eigenvalue weighted by Crippen LogP contribution is -2.00. The van der Waals surface area contributed by atoms with Crippen LogP contribution in [0.3, 0.4) is 0 Å². The van der Waals surface area contributed by atoms with Gasteiger partial charge in [-0.25, -0.2) is 14.6 Å². The summed E-state index contributed by atoms with van der Waals surface area (Å²) in [4.78, 5) is 13.3. The first kappa shape index (κ1) is 15.2. The Balaban J connectivity index is 1.85. The summed E-state index contributed by atoms with van der Waals surface area (Å²) in [6.07, 6.45) is 3.61. The summed E-state index contributed by atoms with van der Waals surface area (Å²) < 4.78 is 1.86. The molecule has 4 rings (SSSR count). The number of rotatable bonds is 3. The molecule has 25 heavy (non-hydrogen) atoms. The van der Waals surface area contributed by atoms with Crippen LogP contribution in [-0.2, 0) is 0 Å². The van der Waals surface area contributed by atoms with Gasteiger partial charge in [0.1, 0.15) is 0 Å². The molecule has 5 heteroatoms. The molecule has 3 aromatic heterocycles.